The summed E-state index contributed by atoms with van der Waals surface area (Å²) in [6.07, 6.45) is -2.41. The van der Waals surface area contributed by atoms with E-state index < -0.39 is 23.7 Å². The highest BCUT2D eigenvalue weighted by Gasteiger charge is 2.34. The number of carbonyl (C=O) groups excluding carboxylic acids is 2. The third kappa shape index (κ3) is 7.99. The molecule has 1 saturated heterocycles. The number of halogens is 4. The van der Waals surface area contributed by atoms with Gasteiger partial charge in [0.15, 0.2) is 0 Å². The Labute approximate surface area is 247 Å². The topological polar surface area (TPSA) is 84.0 Å². The monoisotopic (exact) mass is 604 g/mol. The standard InChI is InChI=1S/C30H32ClF3N4O4/c1-19-6-4-7-20(14-19)17-41-18-25(29(40)38-13-11-22(16-38)37(2)3)36-27(39)23-8-5-12-35-28(23)42-26-10-9-21(15-24(26)31)30(32,33)34/h4-10,12,14-15,22,25H,11,13,16-18H2,1-3H3,(H,36,39)/t22-,25?/m1/s1. The van der Waals surface area contributed by atoms with Crippen molar-refractivity contribution in [1.82, 2.24) is 20.1 Å². The number of benzene rings is 2. The molecule has 1 unspecified atom stereocenters. The first-order valence-electron chi connectivity index (χ1n) is 13.3. The summed E-state index contributed by atoms with van der Waals surface area (Å²) in [7, 11) is 3.91. The summed E-state index contributed by atoms with van der Waals surface area (Å²) >= 11 is 6.04. The normalized spacial score (nSPS) is 16.0. The first-order chi connectivity index (χ1) is 19.9. The fraction of sp³-hybridized carbons (Fsp3) is 0.367. The van der Waals surface area contributed by atoms with E-state index in [1.165, 1.54) is 18.3 Å². The van der Waals surface area contributed by atoms with E-state index in [0.717, 1.165) is 35.7 Å². The molecule has 2 amide bonds. The van der Waals surface area contributed by atoms with Gasteiger partial charge in [-0.15, -0.1) is 0 Å². The molecule has 12 heteroatoms. The van der Waals surface area contributed by atoms with Crippen LogP contribution >= 0.6 is 11.6 Å². The quantitative estimate of drug-likeness (QED) is 0.337. The Kier molecular flexibility index (Phi) is 10.1. The highest BCUT2D eigenvalue weighted by atomic mass is 35.5. The SMILES string of the molecule is Cc1cccc(COCC(NC(=O)c2cccnc2Oc2ccc(C(F)(F)F)cc2Cl)C(=O)N2CC[C@@H](N(C)C)C2)c1. The number of pyridine rings is 1. The number of nitrogens with zero attached hydrogens (tertiary/aromatic N) is 3. The first-order valence-corrected chi connectivity index (χ1v) is 13.7. The average molecular weight is 605 g/mol. The van der Waals surface area contributed by atoms with Crippen molar-refractivity contribution in [2.75, 3.05) is 33.8 Å². The number of likely N-dealkylation sites (N-methyl/N-ethyl adjacent to an activating group) is 1. The zero-order valence-electron chi connectivity index (χ0n) is 23.5. The second kappa shape index (κ2) is 13.5. The maximum atomic E-state index is 13.6. The van der Waals surface area contributed by atoms with Crippen LogP contribution in [0.3, 0.4) is 0 Å². The molecule has 2 aromatic carbocycles. The van der Waals surface area contributed by atoms with E-state index in [1.807, 2.05) is 45.3 Å². The molecular weight excluding hydrogens is 573 g/mol. The Balaban J connectivity index is 1.52. The highest BCUT2D eigenvalue weighted by Crippen LogP contribution is 2.36. The van der Waals surface area contributed by atoms with Gasteiger partial charge >= 0.3 is 6.18 Å². The molecular formula is C30H32ClF3N4O4. The van der Waals surface area contributed by atoms with Gasteiger partial charge in [-0.1, -0.05) is 41.4 Å². The van der Waals surface area contributed by atoms with Gasteiger partial charge in [-0.25, -0.2) is 4.98 Å². The number of ether oxygens (including phenoxy) is 2. The minimum atomic E-state index is -4.58. The van der Waals surface area contributed by atoms with E-state index >= 15 is 0 Å². The van der Waals surface area contributed by atoms with E-state index in [1.54, 1.807) is 4.90 Å². The van der Waals surface area contributed by atoms with Crippen LogP contribution in [0.2, 0.25) is 5.02 Å². The van der Waals surface area contributed by atoms with Crippen LogP contribution in [-0.2, 0) is 22.3 Å². The molecule has 4 rings (SSSR count). The zero-order valence-corrected chi connectivity index (χ0v) is 24.2. The number of carbonyl (C=O) groups is 2. The molecule has 42 heavy (non-hydrogen) atoms. The summed E-state index contributed by atoms with van der Waals surface area (Å²) in [5, 5.41) is 2.45. The largest absolute Gasteiger partial charge is 0.437 e. The first kappa shape index (κ1) is 31.3. The van der Waals surface area contributed by atoms with Crippen LogP contribution in [0.5, 0.6) is 11.6 Å². The van der Waals surface area contributed by atoms with E-state index in [4.69, 9.17) is 21.1 Å². The second-order valence-corrected chi connectivity index (χ2v) is 10.7. The minimum Gasteiger partial charge on any atom is -0.437 e. The third-order valence-corrected chi connectivity index (χ3v) is 7.22. The van der Waals surface area contributed by atoms with Gasteiger partial charge in [-0.2, -0.15) is 13.2 Å². The van der Waals surface area contributed by atoms with Crippen molar-refractivity contribution in [3.05, 3.63) is 88.1 Å². The number of hydrogen-bond donors (Lipinski definition) is 1. The van der Waals surface area contributed by atoms with E-state index in [9.17, 15) is 22.8 Å². The molecule has 0 aliphatic carbocycles. The lowest BCUT2D eigenvalue weighted by Gasteiger charge is -2.25. The van der Waals surface area contributed by atoms with Crippen molar-refractivity contribution in [2.45, 2.75) is 38.2 Å². The summed E-state index contributed by atoms with van der Waals surface area (Å²) < 4.78 is 50.7. The third-order valence-electron chi connectivity index (χ3n) is 6.93. The Morgan fingerprint density at radius 2 is 1.95 bits per heavy atom. The Bertz CT molecular complexity index is 1420. The van der Waals surface area contributed by atoms with Gasteiger partial charge in [-0.05, 0) is 63.3 Å². The van der Waals surface area contributed by atoms with Gasteiger partial charge in [0.25, 0.3) is 5.91 Å². The lowest BCUT2D eigenvalue weighted by molar-refractivity contribution is -0.137. The van der Waals surface area contributed by atoms with E-state index in [0.29, 0.717) is 13.1 Å². The fourth-order valence-corrected chi connectivity index (χ4v) is 4.82. The van der Waals surface area contributed by atoms with Crippen LogP contribution in [0.1, 0.15) is 33.5 Å². The van der Waals surface area contributed by atoms with Crippen molar-refractivity contribution >= 4 is 23.4 Å². The van der Waals surface area contributed by atoms with Crippen LogP contribution in [-0.4, -0.2) is 72.5 Å². The molecule has 224 valence electrons. The smallest absolute Gasteiger partial charge is 0.416 e. The Hall–Kier alpha value is -3.67. The molecule has 0 radical (unpaired) electrons. The fourth-order valence-electron chi connectivity index (χ4n) is 4.60. The van der Waals surface area contributed by atoms with Gasteiger partial charge in [-0.3, -0.25) is 9.59 Å². The van der Waals surface area contributed by atoms with Crippen molar-refractivity contribution in [1.29, 1.82) is 0 Å². The number of amides is 2. The minimum absolute atomic E-state index is 0.0301. The molecule has 1 N–H and O–H groups in total. The molecule has 1 aliphatic heterocycles. The highest BCUT2D eigenvalue weighted by molar-refractivity contribution is 6.32. The predicted octanol–water partition coefficient (Wildman–Crippen LogP) is 5.33. The molecule has 0 bridgehead atoms. The maximum absolute atomic E-state index is 13.6. The number of rotatable bonds is 10. The number of likely N-dealkylation sites (tertiary alicyclic amines) is 1. The number of alkyl halides is 3. The molecule has 1 aliphatic rings. The van der Waals surface area contributed by atoms with E-state index in [-0.39, 0.29) is 47.4 Å². The molecule has 2 atom stereocenters. The van der Waals surface area contributed by atoms with Crippen LogP contribution < -0.4 is 10.1 Å². The average Bonchev–Trinajstić information content (AvgIpc) is 3.44. The molecule has 0 spiro atoms. The Morgan fingerprint density at radius 1 is 1.17 bits per heavy atom. The maximum Gasteiger partial charge on any atom is 0.416 e. The molecule has 2 heterocycles. The second-order valence-electron chi connectivity index (χ2n) is 10.3. The van der Waals surface area contributed by atoms with Crippen molar-refractivity contribution in [3.8, 4) is 11.6 Å². The van der Waals surface area contributed by atoms with Crippen LogP contribution in [0.15, 0.2) is 60.8 Å². The van der Waals surface area contributed by atoms with Crippen LogP contribution in [0, 0.1) is 6.92 Å². The van der Waals surface area contributed by atoms with Crippen molar-refractivity contribution < 1.29 is 32.2 Å². The predicted molar refractivity (Wildman–Crippen MR) is 152 cm³/mol. The summed E-state index contributed by atoms with van der Waals surface area (Å²) in [4.78, 5) is 34.9. The van der Waals surface area contributed by atoms with Gasteiger partial charge in [0.1, 0.15) is 17.4 Å². The molecule has 1 fully saturated rings. The van der Waals surface area contributed by atoms with Crippen molar-refractivity contribution in [2.24, 2.45) is 0 Å². The molecule has 3 aromatic rings. The van der Waals surface area contributed by atoms with Gasteiger partial charge < -0.3 is 24.6 Å². The van der Waals surface area contributed by atoms with E-state index in [2.05, 4.69) is 15.2 Å². The zero-order chi connectivity index (χ0) is 30.4. The molecule has 1 aromatic heterocycles. The number of nitrogens with one attached hydrogen (secondary N) is 1. The lowest BCUT2D eigenvalue weighted by atomic mass is 10.1. The number of aryl methyl sites for hydroxylation is 1. The van der Waals surface area contributed by atoms with Gasteiger partial charge in [0.05, 0.1) is 23.8 Å². The summed E-state index contributed by atoms with van der Waals surface area (Å²) in [6, 6.07) is 12.5. The molecule has 8 nitrogen and oxygen atoms in total. The van der Waals surface area contributed by atoms with Crippen LogP contribution in [0.25, 0.3) is 0 Å². The molecule has 0 saturated carbocycles. The van der Waals surface area contributed by atoms with Crippen LogP contribution in [0.4, 0.5) is 13.2 Å². The summed E-state index contributed by atoms with van der Waals surface area (Å²) in [5.41, 5.74) is 1.03. The van der Waals surface area contributed by atoms with Gasteiger partial charge in [0, 0.05) is 25.3 Å². The summed E-state index contributed by atoms with van der Waals surface area (Å²) in [6.45, 7) is 3.19. The lowest BCUT2D eigenvalue weighted by Crippen LogP contribution is -2.51. The van der Waals surface area contributed by atoms with Crippen molar-refractivity contribution in [3.63, 3.8) is 0 Å². The number of aromatic nitrogens is 1. The summed E-state index contributed by atoms with van der Waals surface area (Å²) in [5.74, 6) is -1.24. The Morgan fingerprint density at radius 3 is 2.62 bits per heavy atom. The van der Waals surface area contributed by atoms with Gasteiger partial charge in [0.2, 0.25) is 11.8 Å². The number of hydrogen-bond acceptors (Lipinski definition) is 6.